The summed E-state index contributed by atoms with van der Waals surface area (Å²) >= 11 is 0. The van der Waals surface area contributed by atoms with Crippen LogP contribution in [-0.2, 0) is 12.8 Å². The van der Waals surface area contributed by atoms with Crippen molar-refractivity contribution >= 4 is 11.8 Å². The summed E-state index contributed by atoms with van der Waals surface area (Å²) in [6.45, 7) is 7.58. The summed E-state index contributed by atoms with van der Waals surface area (Å²) in [5.74, 6) is 0.756. The Balaban J connectivity index is 1.83. The Morgan fingerprint density at radius 1 is 0.710 bits per heavy atom. The maximum atomic E-state index is 12.6. The zero-order chi connectivity index (χ0) is 21.8. The van der Waals surface area contributed by atoms with Crippen molar-refractivity contribution in [2.45, 2.75) is 12.8 Å². The van der Waals surface area contributed by atoms with Gasteiger partial charge in [-0.2, -0.15) is 0 Å². The first-order valence-corrected chi connectivity index (χ1v) is 9.88. The molecule has 0 saturated carbocycles. The van der Waals surface area contributed by atoms with E-state index in [-0.39, 0.29) is 16.9 Å². The van der Waals surface area contributed by atoms with Gasteiger partial charge in [-0.25, -0.2) is 0 Å². The van der Waals surface area contributed by atoms with Crippen molar-refractivity contribution in [3.05, 3.63) is 108 Å². The molecule has 154 valence electrons. The zero-order valence-corrected chi connectivity index (χ0v) is 16.9. The number of imide groups is 1. The van der Waals surface area contributed by atoms with E-state index >= 15 is 0 Å². The van der Waals surface area contributed by atoms with E-state index in [2.05, 4.69) is 18.5 Å². The van der Waals surface area contributed by atoms with Gasteiger partial charge in [0.1, 0.15) is 11.5 Å². The van der Waals surface area contributed by atoms with Gasteiger partial charge in [0.25, 0.3) is 11.8 Å². The number of hydrogen-bond donors (Lipinski definition) is 1. The Kier molecular flexibility index (Phi) is 5.67. The van der Waals surface area contributed by atoms with E-state index in [1.165, 1.54) is 0 Å². The molecule has 31 heavy (non-hydrogen) atoms. The third-order valence-electron chi connectivity index (χ3n) is 4.93. The van der Waals surface area contributed by atoms with E-state index in [9.17, 15) is 9.59 Å². The number of benzene rings is 3. The number of carbonyl (C=O) groups is 2. The van der Waals surface area contributed by atoms with Gasteiger partial charge in [0.05, 0.1) is 11.1 Å². The molecule has 3 aromatic rings. The molecule has 1 heterocycles. The molecule has 0 radical (unpaired) electrons. The van der Waals surface area contributed by atoms with Crippen molar-refractivity contribution in [1.82, 2.24) is 5.32 Å². The van der Waals surface area contributed by atoms with E-state index in [0.717, 1.165) is 11.1 Å². The van der Waals surface area contributed by atoms with E-state index in [4.69, 9.17) is 9.47 Å². The standard InChI is InChI=1S/C26H21NO4/c1-3-9-17-11-5-7-13-20(17)30-22-16-15-19-23(26(29)27-25(19)28)24(22)31-21-14-8-6-12-18(21)10-4-2/h3-8,11-16H,1-2,9-10H2,(H,27,28,29). The predicted molar refractivity (Wildman–Crippen MR) is 119 cm³/mol. The second kappa shape index (κ2) is 8.71. The molecule has 0 fully saturated rings. The van der Waals surface area contributed by atoms with Crippen LogP contribution in [0.4, 0.5) is 0 Å². The number of para-hydroxylation sites is 2. The fourth-order valence-electron chi connectivity index (χ4n) is 3.48. The molecule has 0 aromatic heterocycles. The first-order chi connectivity index (χ1) is 15.1. The first kappa shape index (κ1) is 20.2. The first-order valence-electron chi connectivity index (χ1n) is 9.88. The topological polar surface area (TPSA) is 64.6 Å². The molecule has 0 unspecified atom stereocenters. The lowest BCUT2D eigenvalue weighted by Crippen LogP contribution is -2.20. The summed E-state index contributed by atoms with van der Waals surface area (Å²) in [4.78, 5) is 24.8. The van der Waals surface area contributed by atoms with Gasteiger partial charge in [-0.3, -0.25) is 14.9 Å². The minimum Gasteiger partial charge on any atom is -0.453 e. The third kappa shape index (κ3) is 3.98. The summed E-state index contributed by atoms with van der Waals surface area (Å²) < 4.78 is 12.4. The Labute approximate surface area is 180 Å². The molecule has 0 saturated heterocycles. The average Bonchev–Trinajstić information content (AvgIpc) is 3.06. The van der Waals surface area contributed by atoms with Gasteiger partial charge in [-0.1, -0.05) is 48.6 Å². The highest BCUT2D eigenvalue weighted by Gasteiger charge is 2.33. The van der Waals surface area contributed by atoms with Gasteiger partial charge in [-0.15, -0.1) is 13.2 Å². The highest BCUT2D eigenvalue weighted by Crippen LogP contribution is 2.42. The summed E-state index contributed by atoms with van der Waals surface area (Å²) in [5.41, 5.74) is 2.26. The molecule has 2 amide bonds. The smallest absolute Gasteiger partial charge is 0.262 e. The largest absolute Gasteiger partial charge is 0.453 e. The van der Waals surface area contributed by atoms with Crippen LogP contribution in [0.15, 0.2) is 86.0 Å². The van der Waals surface area contributed by atoms with Gasteiger partial charge in [0.2, 0.25) is 0 Å². The zero-order valence-electron chi connectivity index (χ0n) is 16.9. The van der Waals surface area contributed by atoms with E-state index in [1.54, 1.807) is 24.3 Å². The van der Waals surface area contributed by atoms with Crippen molar-refractivity contribution in [3.63, 3.8) is 0 Å². The van der Waals surface area contributed by atoms with Gasteiger partial charge >= 0.3 is 0 Å². The minimum atomic E-state index is -0.513. The number of amides is 2. The van der Waals surface area contributed by atoms with Crippen LogP contribution in [0.1, 0.15) is 31.8 Å². The summed E-state index contributed by atoms with van der Waals surface area (Å²) in [6.07, 6.45) is 4.78. The van der Waals surface area contributed by atoms with Crippen molar-refractivity contribution in [1.29, 1.82) is 0 Å². The molecule has 4 rings (SSSR count). The Bertz CT molecular complexity index is 1200. The van der Waals surface area contributed by atoms with Gasteiger partial charge < -0.3 is 9.47 Å². The average molecular weight is 411 g/mol. The fourth-order valence-corrected chi connectivity index (χ4v) is 3.48. The highest BCUT2D eigenvalue weighted by atomic mass is 16.5. The molecule has 1 N–H and O–H groups in total. The Morgan fingerprint density at radius 2 is 1.29 bits per heavy atom. The highest BCUT2D eigenvalue weighted by molar-refractivity contribution is 6.23. The summed E-state index contributed by atoms with van der Waals surface area (Å²) in [5, 5.41) is 2.33. The lowest BCUT2D eigenvalue weighted by molar-refractivity contribution is 0.0879. The third-order valence-corrected chi connectivity index (χ3v) is 4.93. The Hall–Kier alpha value is -4.12. The second-order valence-corrected chi connectivity index (χ2v) is 7.00. The van der Waals surface area contributed by atoms with Crippen LogP contribution in [0.5, 0.6) is 23.0 Å². The van der Waals surface area contributed by atoms with Crippen LogP contribution in [0.25, 0.3) is 0 Å². The predicted octanol–water partition coefficient (Wildman–Crippen LogP) is 5.61. The quantitative estimate of drug-likeness (QED) is 0.386. The fraction of sp³-hybridized carbons (Fsp3) is 0.0769. The monoisotopic (exact) mass is 411 g/mol. The molecule has 0 atom stereocenters. The SMILES string of the molecule is C=CCc1ccccc1Oc1ccc2c(c1Oc1ccccc1CC=C)C(=O)NC2=O. The van der Waals surface area contributed by atoms with Crippen LogP contribution in [0, 0.1) is 0 Å². The molecule has 5 nitrogen and oxygen atoms in total. The second-order valence-electron chi connectivity index (χ2n) is 7.00. The van der Waals surface area contributed by atoms with Crippen molar-refractivity contribution < 1.29 is 19.1 Å². The van der Waals surface area contributed by atoms with Crippen LogP contribution in [0.2, 0.25) is 0 Å². The van der Waals surface area contributed by atoms with Gasteiger partial charge in [-0.05, 0) is 48.2 Å². The molecule has 5 heteroatoms. The van der Waals surface area contributed by atoms with Crippen LogP contribution >= 0.6 is 0 Å². The van der Waals surface area contributed by atoms with E-state index in [1.807, 2.05) is 48.5 Å². The lowest BCUT2D eigenvalue weighted by atomic mass is 10.1. The van der Waals surface area contributed by atoms with Crippen molar-refractivity contribution in [2.24, 2.45) is 0 Å². The number of nitrogens with one attached hydrogen (secondary N) is 1. The van der Waals surface area contributed by atoms with E-state index in [0.29, 0.717) is 30.1 Å². The number of hydrogen-bond acceptors (Lipinski definition) is 4. The molecular formula is C26H21NO4. The number of ether oxygens (including phenoxy) is 2. The number of fused-ring (bicyclic) bond motifs is 1. The van der Waals surface area contributed by atoms with Crippen LogP contribution < -0.4 is 14.8 Å². The van der Waals surface area contributed by atoms with Crippen LogP contribution in [-0.4, -0.2) is 11.8 Å². The maximum Gasteiger partial charge on any atom is 0.262 e. The van der Waals surface area contributed by atoms with Crippen molar-refractivity contribution in [3.8, 4) is 23.0 Å². The molecule has 0 spiro atoms. The molecule has 1 aliphatic heterocycles. The molecule has 3 aromatic carbocycles. The van der Waals surface area contributed by atoms with Crippen LogP contribution in [0.3, 0.4) is 0 Å². The summed E-state index contributed by atoms with van der Waals surface area (Å²) in [7, 11) is 0. The maximum absolute atomic E-state index is 12.6. The molecule has 1 aliphatic rings. The summed E-state index contributed by atoms with van der Waals surface area (Å²) in [6, 6.07) is 18.3. The molecule has 0 aliphatic carbocycles. The van der Waals surface area contributed by atoms with Crippen molar-refractivity contribution in [2.75, 3.05) is 0 Å². The molecule has 0 bridgehead atoms. The van der Waals surface area contributed by atoms with Gasteiger partial charge in [0.15, 0.2) is 11.5 Å². The normalized spacial score (nSPS) is 12.1. The number of carbonyl (C=O) groups excluding carboxylic acids is 2. The Morgan fingerprint density at radius 3 is 1.90 bits per heavy atom. The number of allylic oxidation sites excluding steroid dienone is 2. The molecular weight excluding hydrogens is 390 g/mol. The lowest BCUT2D eigenvalue weighted by Gasteiger charge is -2.17. The number of rotatable bonds is 8. The van der Waals surface area contributed by atoms with E-state index < -0.39 is 11.8 Å². The minimum absolute atomic E-state index is 0.164. The van der Waals surface area contributed by atoms with Gasteiger partial charge in [0, 0.05) is 0 Å².